The maximum Gasteiger partial charge on any atom is 0.319 e. The van der Waals surface area contributed by atoms with Gasteiger partial charge >= 0.3 is 6.03 Å². The molecule has 1 aliphatic carbocycles. The van der Waals surface area contributed by atoms with Crippen LogP contribution in [0, 0.1) is 11.7 Å². The van der Waals surface area contributed by atoms with Gasteiger partial charge in [-0.2, -0.15) is 0 Å². The normalized spacial score (nSPS) is 27.9. The molecule has 2 saturated heterocycles. The molecule has 3 unspecified atom stereocenters. The van der Waals surface area contributed by atoms with Crippen molar-refractivity contribution in [2.24, 2.45) is 5.92 Å². The molecule has 1 saturated carbocycles. The molecule has 2 heterocycles. The van der Waals surface area contributed by atoms with Crippen molar-refractivity contribution in [3.8, 4) is 0 Å². The Morgan fingerprint density at radius 2 is 1.75 bits per heavy atom. The zero-order valence-electron chi connectivity index (χ0n) is 16.1. The number of carbonyl (C=O) groups is 2. The third kappa shape index (κ3) is 4.46. The Hall–Kier alpha value is -2.15. The molecule has 0 spiro atoms. The van der Waals surface area contributed by atoms with Gasteiger partial charge in [-0.25, -0.2) is 9.18 Å². The van der Waals surface area contributed by atoms with Crippen molar-refractivity contribution in [1.29, 1.82) is 0 Å². The molecular weight excluding hydrogens is 359 g/mol. The number of anilines is 1. The molecule has 152 valence electrons. The van der Waals surface area contributed by atoms with Gasteiger partial charge in [-0.3, -0.25) is 4.79 Å². The predicted octanol–water partition coefficient (Wildman–Crippen LogP) is 2.86. The van der Waals surface area contributed by atoms with Gasteiger partial charge in [0.05, 0.1) is 6.04 Å². The number of nitrogens with zero attached hydrogens (tertiary/aromatic N) is 1. The Morgan fingerprint density at radius 3 is 2.46 bits per heavy atom. The second-order valence-electron chi connectivity index (χ2n) is 8.31. The molecule has 3 N–H and O–H groups in total. The second kappa shape index (κ2) is 8.47. The SMILES string of the molecule is O=C(Nc1ccc(F)cc1)NC1CCN(C(=O)C2CC3CCCCC3N2)CC1. The van der Waals surface area contributed by atoms with Crippen LogP contribution in [0.5, 0.6) is 0 Å². The summed E-state index contributed by atoms with van der Waals surface area (Å²) in [4.78, 5) is 27.0. The van der Waals surface area contributed by atoms with E-state index in [0.29, 0.717) is 30.7 Å². The minimum absolute atomic E-state index is 0.0283. The Morgan fingerprint density at radius 1 is 1.04 bits per heavy atom. The smallest absolute Gasteiger partial charge is 0.319 e. The lowest BCUT2D eigenvalue weighted by Crippen LogP contribution is -2.51. The van der Waals surface area contributed by atoms with E-state index < -0.39 is 0 Å². The molecule has 0 radical (unpaired) electrons. The number of urea groups is 1. The largest absolute Gasteiger partial charge is 0.341 e. The van der Waals surface area contributed by atoms with Gasteiger partial charge in [0.2, 0.25) is 5.91 Å². The van der Waals surface area contributed by atoms with Gasteiger partial charge in [0.1, 0.15) is 5.82 Å². The van der Waals surface area contributed by atoms with E-state index in [1.807, 2.05) is 4.90 Å². The maximum absolute atomic E-state index is 12.9. The van der Waals surface area contributed by atoms with Crippen molar-refractivity contribution in [1.82, 2.24) is 15.5 Å². The number of hydrogen-bond donors (Lipinski definition) is 3. The average Bonchev–Trinajstić information content (AvgIpc) is 3.14. The number of carbonyl (C=O) groups excluding carboxylic acids is 2. The van der Waals surface area contributed by atoms with Crippen molar-refractivity contribution < 1.29 is 14.0 Å². The molecule has 28 heavy (non-hydrogen) atoms. The summed E-state index contributed by atoms with van der Waals surface area (Å²) in [6.07, 6.45) is 7.49. The highest BCUT2D eigenvalue weighted by Gasteiger charge is 2.40. The number of amides is 3. The van der Waals surface area contributed by atoms with Gasteiger partial charge in [-0.05, 0) is 62.3 Å². The van der Waals surface area contributed by atoms with Gasteiger partial charge in [-0.15, -0.1) is 0 Å². The summed E-state index contributed by atoms with van der Waals surface area (Å²) in [5, 5.41) is 9.24. The van der Waals surface area contributed by atoms with E-state index in [1.54, 1.807) is 0 Å². The zero-order chi connectivity index (χ0) is 19.5. The molecule has 1 aromatic rings. The van der Waals surface area contributed by atoms with E-state index in [9.17, 15) is 14.0 Å². The third-order valence-corrected chi connectivity index (χ3v) is 6.40. The van der Waals surface area contributed by atoms with Crippen LogP contribution >= 0.6 is 0 Å². The number of nitrogens with one attached hydrogen (secondary N) is 3. The van der Waals surface area contributed by atoms with Gasteiger partial charge in [-0.1, -0.05) is 12.8 Å². The molecule has 7 heteroatoms. The van der Waals surface area contributed by atoms with Crippen LogP contribution in [-0.2, 0) is 4.79 Å². The van der Waals surface area contributed by atoms with Crippen LogP contribution in [0.3, 0.4) is 0 Å². The minimum Gasteiger partial charge on any atom is -0.341 e. The van der Waals surface area contributed by atoms with E-state index >= 15 is 0 Å². The first-order chi connectivity index (χ1) is 13.6. The van der Waals surface area contributed by atoms with Crippen molar-refractivity contribution in [3.05, 3.63) is 30.1 Å². The number of halogens is 1. The fraction of sp³-hybridized carbons (Fsp3) is 0.619. The average molecular weight is 388 g/mol. The van der Waals surface area contributed by atoms with Gasteiger partial charge in [0.15, 0.2) is 0 Å². The van der Waals surface area contributed by atoms with Crippen LogP contribution in [0.1, 0.15) is 44.9 Å². The molecule has 1 aromatic carbocycles. The summed E-state index contributed by atoms with van der Waals surface area (Å²) < 4.78 is 12.9. The van der Waals surface area contributed by atoms with Crippen LogP contribution in [-0.4, -0.2) is 48.1 Å². The van der Waals surface area contributed by atoms with E-state index in [4.69, 9.17) is 0 Å². The first-order valence-electron chi connectivity index (χ1n) is 10.5. The lowest BCUT2D eigenvalue weighted by molar-refractivity contribution is -0.134. The first-order valence-corrected chi connectivity index (χ1v) is 10.5. The Balaban J connectivity index is 1.21. The predicted molar refractivity (Wildman–Crippen MR) is 105 cm³/mol. The number of fused-ring (bicyclic) bond motifs is 1. The van der Waals surface area contributed by atoms with Crippen LogP contribution < -0.4 is 16.0 Å². The molecule has 3 fully saturated rings. The molecule has 6 nitrogen and oxygen atoms in total. The van der Waals surface area contributed by atoms with E-state index in [2.05, 4.69) is 16.0 Å². The van der Waals surface area contributed by atoms with Crippen molar-refractivity contribution >= 4 is 17.6 Å². The molecule has 0 aromatic heterocycles. The Kier molecular flexibility index (Phi) is 5.80. The van der Waals surface area contributed by atoms with Crippen LogP contribution in [0.25, 0.3) is 0 Å². The zero-order valence-corrected chi connectivity index (χ0v) is 16.1. The number of piperidine rings is 1. The molecule has 0 bridgehead atoms. The fourth-order valence-corrected chi connectivity index (χ4v) is 4.86. The number of hydrogen-bond acceptors (Lipinski definition) is 3. The summed E-state index contributed by atoms with van der Waals surface area (Å²) in [5.41, 5.74) is 0.556. The third-order valence-electron chi connectivity index (χ3n) is 6.40. The molecular formula is C21H29FN4O2. The van der Waals surface area contributed by atoms with Crippen LogP contribution in [0.2, 0.25) is 0 Å². The Bertz CT molecular complexity index is 689. The van der Waals surface area contributed by atoms with Crippen molar-refractivity contribution in [2.75, 3.05) is 18.4 Å². The molecule has 4 rings (SSSR count). The van der Waals surface area contributed by atoms with Crippen molar-refractivity contribution in [2.45, 2.75) is 63.1 Å². The van der Waals surface area contributed by atoms with Gasteiger partial charge in [0, 0.05) is 30.9 Å². The molecule has 2 aliphatic heterocycles. The van der Waals surface area contributed by atoms with E-state index in [0.717, 1.165) is 19.3 Å². The van der Waals surface area contributed by atoms with Gasteiger partial charge < -0.3 is 20.9 Å². The number of benzene rings is 1. The standard InChI is InChI=1S/C21H29FN4O2/c22-15-5-7-16(8-6-15)23-21(28)24-17-9-11-26(12-10-17)20(27)19-13-14-3-1-2-4-18(14)25-19/h5-8,14,17-19,25H,1-4,9-13H2,(H2,23,24,28). The lowest BCUT2D eigenvalue weighted by atomic mass is 9.85. The van der Waals surface area contributed by atoms with Crippen LogP contribution in [0.15, 0.2) is 24.3 Å². The maximum atomic E-state index is 12.9. The number of likely N-dealkylation sites (tertiary alicyclic amines) is 1. The Labute approximate surface area is 165 Å². The van der Waals surface area contributed by atoms with Crippen LogP contribution in [0.4, 0.5) is 14.9 Å². The first kappa shape index (κ1) is 19.2. The minimum atomic E-state index is -0.334. The quantitative estimate of drug-likeness (QED) is 0.746. The second-order valence-corrected chi connectivity index (χ2v) is 8.31. The highest BCUT2D eigenvalue weighted by Crippen LogP contribution is 2.34. The van der Waals surface area contributed by atoms with Crippen molar-refractivity contribution in [3.63, 3.8) is 0 Å². The summed E-state index contributed by atoms with van der Waals surface area (Å²) >= 11 is 0. The van der Waals surface area contributed by atoms with E-state index in [-0.39, 0.29) is 29.8 Å². The summed E-state index contributed by atoms with van der Waals surface area (Å²) in [7, 11) is 0. The van der Waals surface area contributed by atoms with E-state index in [1.165, 1.54) is 49.9 Å². The summed E-state index contributed by atoms with van der Waals surface area (Å²) in [5.74, 6) is 0.555. The monoisotopic (exact) mass is 388 g/mol. The van der Waals surface area contributed by atoms with Gasteiger partial charge in [0.25, 0.3) is 0 Å². The molecule has 3 aliphatic rings. The summed E-state index contributed by atoms with van der Waals surface area (Å²) in [6.45, 7) is 1.35. The highest BCUT2D eigenvalue weighted by molar-refractivity contribution is 5.89. The summed E-state index contributed by atoms with van der Waals surface area (Å²) in [6, 6.07) is 5.93. The fourth-order valence-electron chi connectivity index (χ4n) is 4.86. The molecule has 3 atom stereocenters. The highest BCUT2D eigenvalue weighted by atomic mass is 19.1. The lowest BCUT2D eigenvalue weighted by Gasteiger charge is -2.34. The number of rotatable bonds is 3. The topological polar surface area (TPSA) is 73.5 Å². The molecule has 3 amide bonds.